The summed E-state index contributed by atoms with van der Waals surface area (Å²) in [6.07, 6.45) is 0.181. The summed E-state index contributed by atoms with van der Waals surface area (Å²) in [6, 6.07) is 4.18. The van der Waals surface area contributed by atoms with E-state index in [2.05, 4.69) is 0 Å². The zero-order chi connectivity index (χ0) is 15.9. The lowest BCUT2D eigenvalue weighted by Gasteiger charge is -2.33. The van der Waals surface area contributed by atoms with Crippen molar-refractivity contribution in [3.05, 3.63) is 29.6 Å². The molecule has 22 heavy (non-hydrogen) atoms. The van der Waals surface area contributed by atoms with E-state index in [9.17, 15) is 14.0 Å². The van der Waals surface area contributed by atoms with Crippen molar-refractivity contribution >= 4 is 17.7 Å². The number of anilines is 1. The molecule has 3 rings (SSSR count). The third-order valence-electron chi connectivity index (χ3n) is 4.17. The number of hydrogen-bond donors (Lipinski definition) is 0. The van der Waals surface area contributed by atoms with Crippen LogP contribution >= 0.6 is 0 Å². The summed E-state index contributed by atoms with van der Waals surface area (Å²) >= 11 is 0. The number of nitrogens with zero attached hydrogens (tertiary/aromatic N) is 2. The molecule has 0 bridgehead atoms. The van der Waals surface area contributed by atoms with E-state index >= 15 is 0 Å². The molecule has 2 aliphatic heterocycles. The molecule has 0 aromatic heterocycles. The van der Waals surface area contributed by atoms with Gasteiger partial charge in [0.05, 0.1) is 11.7 Å². The SMILES string of the molecule is CC(C)C(=O)N1CCC2COC(=O)N2c2cc(F)ccc2C1. The van der Waals surface area contributed by atoms with Gasteiger partial charge in [-0.1, -0.05) is 19.9 Å². The third kappa shape index (κ3) is 2.53. The monoisotopic (exact) mass is 306 g/mol. The standard InChI is InChI=1S/C16H19FN2O3/c1-10(2)15(20)18-6-5-13-9-22-16(21)19(13)14-7-12(17)4-3-11(14)8-18/h3-4,7,10,13H,5-6,8-9H2,1-2H3. The van der Waals surface area contributed by atoms with Gasteiger partial charge < -0.3 is 9.64 Å². The molecule has 6 heteroatoms. The molecule has 1 aromatic carbocycles. The second-order valence-corrected chi connectivity index (χ2v) is 6.08. The van der Waals surface area contributed by atoms with Gasteiger partial charge in [-0.05, 0) is 24.1 Å². The molecule has 1 fully saturated rings. The quantitative estimate of drug-likeness (QED) is 0.801. The Hall–Kier alpha value is -2.11. The third-order valence-corrected chi connectivity index (χ3v) is 4.17. The first kappa shape index (κ1) is 14.8. The van der Waals surface area contributed by atoms with Crippen LogP contribution in [0.25, 0.3) is 0 Å². The van der Waals surface area contributed by atoms with E-state index in [1.54, 1.807) is 11.0 Å². The van der Waals surface area contributed by atoms with Crippen LogP contribution in [-0.2, 0) is 16.1 Å². The molecule has 2 aliphatic rings. The van der Waals surface area contributed by atoms with E-state index in [1.165, 1.54) is 17.0 Å². The van der Waals surface area contributed by atoms with E-state index in [1.807, 2.05) is 13.8 Å². The number of benzene rings is 1. The van der Waals surface area contributed by atoms with Gasteiger partial charge in [0, 0.05) is 19.0 Å². The number of ether oxygens (including phenoxy) is 1. The lowest BCUT2D eigenvalue weighted by atomic mass is 10.0. The molecule has 2 heterocycles. The van der Waals surface area contributed by atoms with Gasteiger partial charge in [-0.3, -0.25) is 9.69 Å². The summed E-state index contributed by atoms with van der Waals surface area (Å²) in [6.45, 7) is 4.94. The van der Waals surface area contributed by atoms with Crippen molar-refractivity contribution in [3.8, 4) is 0 Å². The van der Waals surface area contributed by atoms with E-state index in [0.717, 1.165) is 5.56 Å². The van der Waals surface area contributed by atoms with Crippen LogP contribution < -0.4 is 4.90 Å². The normalized spacial score (nSPS) is 21.1. The minimum Gasteiger partial charge on any atom is -0.447 e. The molecule has 0 radical (unpaired) electrons. The average molecular weight is 306 g/mol. The zero-order valence-corrected chi connectivity index (χ0v) is 12.7. The summed E-state index contributed by atoms with van der Waals surface area (Å²) in [5.74, 6) is -0.436. The number of amides is 2. The van der Waals surface area contributed by atoms with Crippen LogP contribution in [0.1, 0.15) is 25.8 Å². The molecular formula is C16H19FN2O3. The smallest absolute Gasteiger partial charge is 0.414 e. The van der Waals surface area contributed by atoms with E-state index in [-0.39, 0.29) is 24.5 Å². The van der Waals surface area contributed by atoms with E-state index in [4.69, 9.17) is 4.74 Å². The van der Waals surface area contributed by atoms with Crippen molar-refractivity contribution in [1.29, 1.82) is 0 Å². The van der Waals surface area contributed by atoms with Gasteiger partial charge in [0.1, 0.15) is 12.4 Å². The fourth-order valence-corrected chi connectivity index (χ4v) is 3.01. The highest BCUT2D eigenvalue weighted by molar-refractivity contribution is 5.91. The van der Waals surface area contributed by atoms with Crippen LogP contribution in [-0.4, -0.2) is 36.1 Å². The van der Waals surface area contributed by atoms with Crippen molar-refractivity contribution in [2.75, 3.05) is 18.1 Å². The first-order chi connectivity index (χ1) is 10.5. The summed E-state index contributed by atoms with van der Waals surface area (Å²) in [4.78, 5) is 27.6. The van der Waals surface area contributed by atoms with Crippen molar-refractivity contribution in [2.24, 2.45) is 5.92 Å². The minimum atomic E-state index is -0.444. The Morgan fingerprint density at radius 3 is 2.91 bits per heavy atom. The van der Waals surface area contributed by atoms with Crippen LogP contribution in [0.3, 0.4) is 0 Å². The zero-order valence-electron chi connectivity index (χ0n) is 12.7. The lowest BCUT2D eigenvalue weighted by Crippen LogP contribution is -2.43. The average Bonchev–Trinajstić information content (AvgIpc) is 2.82. The van der Waals surface area contributed by atoms with Gasteiger partial charge in [-0.2, -0.15) is 0 Å². The first-order valence-corrected chi connectivity index (χ1v) is 7.50. The van der Waals surface area contributed by atoms with Crippen LogP contribution in [0, 0.1) is 11.7 Å². The maximum absolute atomic E-state index is 13.6. The van der Waals surface area contributed by atoms with Gasteiger partial charge >= 0.3 is 6.09 Å². The number of rotatable bonds is 1. The number of cyclic esters (lactones) is 1. The Morgan fingerprint density at radius 1 is 1.41 bits per heavy atom. The number of halogens is 1. The largest absolute Gasteiger partial charge is 0.447 e. The fraction of sp³-hybridized carbons (Fsp3) is 0.500. The Labute approximate surface area is 128 Å². The highest BCUT2D eigenvalue weighted by atomic mass is 19.1. The maximum atomic E-state index is 13.6. The molecule has 0 saturated carbocycles. The van der Waals surface area contributed by atoms with Gasteiger partial charge in [0.15, 0.2) is 0 Å². The Morgan fingerprint density at radius 2 is 2.18 bits per heavy atom. The molecule has 0 aliphatic carbocycles. The van der Waals surface area contributed by atoms with Crippen molar-refractivity contribution in [1.82, 2.24) is 4.90 Å². The molecule has 5 nitrogen and oxygen atoms in total. The van der Waals surface area contributed by atoms with Crippen molar-refractivity contribution in [3.63, 3.8) is 0 Å². The second kappa shape index (κ2) is 5.59. The predicted molar refractivity (Wildman–Crippen MR) is 78.9 cm³/mol. The summed E-state index contributed by atoms with van der Waals surface area (Å²) in [5, 5.41) is 0. The van der Waals surface area contributed by atoms with E-state index in [0.29, 0.717) is 25.2 Å². The van der Waals surface area contributed by atoms with Crippen LogP contribution in [0.15, 0.2) is 18.2 Å². The topological polar surface area (TPSA) is 49.9 Å². The summed E-state index contributed by atoms with van der Waals surface area (Å²) in [7, 11) is 0. The number of carbonyl (C=O) groups is 2. The summed E-state index contributed by atoms with van der Waals surface area (Å²) < 4.78 is 18.7. The van der Waals surface area contributed by atoms with Gasteiger partial charge in [0.2, 0.25) is 5.91 Å². The highest BCUT2D eigenvalue weighted by Crippen LogP contribution is 2.32. The Bertz CT molecular complexity index is 617. The molecule has 2 amide bonds. The minimum absolute atomic E-state index is 0.0639. The van der Waals surface area contributed by atoms with Gasteiger partial charge in [0.25, 0.3) is 0 Å². The molecule has 0 N–H and O–H groups in total. The van der Waals surface area contributed by atoms with Crippen LogP contribution in [0.2, 0.25) is 0 Å². The molecule has 1 saturated heterocycles. The molecule has 0 spiro atoms. The molecule has 118 valence electrons. The lowest BCUT2D eigenvalue weighted by molar-refractivity contribution is -0.135. The molecule has 1 aromatic rings. The Kier molecular flexibility index (Phi) is 3.76. The fourth-order valence-electron chi connectivity index (χ4n) is 3.01. The first-order valence-electron chi connectivity index (χ1n) is 7.50. The molecule has 1 atom stereocenters. The van der Waals surface area contributed by atoms with Crippen LogP contribution in [0.4, 0.5) is 14.9 Å². The molecular weight excluding hydrogens is 287 g/mol. The maximum Gasteiger partial charge on any atom is 0.414 e. The van der Waals surface area contributed by atoms with E-state index < -0.39 is 11.9 Å². The van der Waals surface area contributed by atoms with Crippen LogP contribution in [0.5, 0.6) is 0 Å². The predicted octanol–water partition coefficient (Wildman–Crippen LogP) is 2.54. The highest BCUT2D eigenvalue weighted by Gasteiger charge is 2.38. The number of fused-ring (bicyclic) bond motifs is 3. The van der Waals surface area contributed by atoms with Gasteiger partial charge in [-0.15, -0.1) is 0 Å². The number of carbonyl (C=O) groups excluding carboxylic acids is 2. The van der Waals surface area contributed by atoms with Gasteiger partial charge in [-0.25, -0.2) is 9.18 Å². The van der Waals surface area contributed by atoms with Crippen molar-refractivity contribution < 1.29 is 18.7 Å². The second-order valence-electron chi connectivity index (χ2n) is 6.08. The summed E-state index contributed by atoms with van der Waals surface area (Å²) in [5.41, 5.74) is 1.27. The van der Waals surface area contributed by atoms with Crippen molar-refractivity contribution in [2.45, 2.75) is 32.9 Å². The Balaban J connectivity index is 2.02. The molecule has 1 unspecified atom stereocenters. The number of hydrogen-bond acceptors (Lipinski definition) is 3.